The Bertz CT molecular complexity index is 1580. The highest BCUT2D eigenvalue weighted by atomic mass is 32.2. The number of nitrogens with one attached hydrogen (secondary N) is 2. The predicted molar refractivity (Wildman–Crippen MR) is 146 cm³/mol. The minimum atomic E-state index is -3.56. The number of nitrogens with zero attached hydrogens (tertiary/aromatic N) is 2. The Morgan fingerprint density at radius 2 is 1.71 bits per heavy atom. The molecule has 38 heavy (non-hydrogen) atoms. The number of anilines is 2. The lowest BCUT2D eigenvalue weighted by atomic mass is 10.0. The van der Waals surface area contributed by atoms with Crippen LogP contribution >= 0.6 is 0 Å². The molecule has 3 aromatic rings. The number of sulfone groups is 1. The smallest absolute Gasteiger partial charge is 0.255 e. The maximum atomic E-state index is 12.8. The molecule has 1 saturated carbocycles. The average molecular weight is 533 g/mol. The van der Waals surface area contributed by atoms with Gasteiger partial charge in [0.05, 0.1) is 0 Å². The number of aryl methyl sites for hydroxylation is 1. The van der Waals surface area contributed by atoms with Crippen LogP contribution in [0.25, 0.3) is 11.3 Å². The zero-order chi connectivity index (χ0) is 27.4. The molecule has 0 saturated heterocycles. The van der Waals surface area contributed by atoms with E-state index < -0.39 is 15.7 Å². The van der Waals surface area contributed by atoms with Gasteiger partial charge in [0.1, 0.15) is 5.82 Å². The van der Waals surface area contributed by atoms with Crippen molar-refractivity contribution in [3.8, 4) is 0 Å². The summed E-state index contributed by atoms with van der Waals surface area (Å²) in [5.74, 6) is -0.0511. The van der Waals surface area contributed by atoms with E-state index in [1.54, 1.807) is 36.5 Å². The van der Waals surface area contributed by atoms with E-state index in [1.165, 1.54) is 24.5 Å². The molecule has 0 unspecified atom stereocenters. The zero-order valence-electron chi connectivity index (χ0n) is 20.9. The van der Waals surface area contributed by atoms with Gasteiger partial charge in [-0.1, -0.05) is 6.07 Å². The Hall–Kier alpha value is -4.51. The molecule has 1 aromatic carbocycles. The molecule has 6 N–H and O–H groups in total. The summed E-state index contributed by atoms with van der Waals surface area (Å²) >= 11 is 0. The van der Waals surface area contributed by atoms with Gasteiger partial charge >= 0.3 is 0 Å². The maximum absolute atomic E-state index is 12.8. The minimum absolute atomic E-state index is 0.0446. The summed E-state index contributed by atoms with van der Waals surface area (Å²) < 4.78 is 23.6. The van der Waals surface area contributed by atoms with Crippen LogP contribution in [-0.4, -0.2) is 36.5 Å². The Kier molecular flexibility index (Phi) is 7.58. The normalized spacial score (nSPS) is 14.2. The number of amides is 2. The van der Waals surface area contributed by atoms with Crippen LogP contribution in [-0.2, 0) is 14.6 Å². The number of carbonyl (C=O) groups is 2. The second-order valence-electron chi connectivity index (χ2n) is 9.05. The molecular formula is C27H28N6O4S. The van der Waals surface area contributed by atoms with E-state index in [2.05, 4.69) is 20.6 Å². The van der Waals surface area contributed by atoms with Crippen molar-refractivity contribution in [2.45, 2.75) is 24.8 Å². The number of hydrogen-bond donors (Lipinski definition) is 4. The van der Waals surface area contributed by atoms with Crippen molar-refractivity contribution in [3.05, 3.63) is 89.4 Å². The van der Waals surface area contributed by atoms with Gasteiger partial charge in [0.25, 0.3) is 5.91 Å². The molecule has 4 rings (SSSR count). The number of hydrogen-bond acceptors (Lipinski definition) is 8. The highest BCUT2D eigenvalue weighted by Gasteiger charge is 2.29. The molecule has 11 heteroatoms. The van der Waals surface area contributed by atoms with Gasteiger partial charge in [-0.3, -0.25) is 9.59 Å². The molecule has 196 valence electrons. The summed E-state index contributed by atoms with van der Waals surface area (Å²) in [4.78, 5) is 32.9. The van der Waals surface area contributed by atoms with E-state index in [4.69, 9.17) is 11.5 Å². The van der Waals surface area contributed by atoms with Crippen LogP contribution in [0.2, 0.25) is 0 Å². The van der Waals surface area contributed by atoms with Gasteiger partial charge in [0.2, 0.25) is 5.91 Å². The van der Waals surface area contributed by atoms with Gasteiger partial charge in [-0.15, -0.1) is 0 Å². The molecule has 2 heterocycles. The summed E-state index contributed by atoms with van der Waals surface area (Å²) in [6.07, 6.45) is 8.79. The molecule has 0 spiro atoms. The second kappa shape index (κ2) is 10.9. The molecule has 1 aliphatic carbocycles. The standard InChI is InChI=1S/C27H28N6O4S/c1-16-3-6-21(32-27(35)19-8-10-31-25(13-19)38(2,36)37)14-22(16)23(29)11-20(15-28)18-7-9-30-24(12-18)33-26(34)17-4-5-17/h3,6-15,17H,4-5,28-29H2,1-2H3,(H,32,35)(H,30,33,34)/b20-15+,23-11-. The second-order valence-corrected chi connectivity index (χ2v) is 11.0. The monoisotopic (exact) mass is 532 g/mol. The predicted octanol–water partition coefficient (Wildman–Crippen LogP) is 3.09. The summed E-state index contributed by atoms with van der Waals surface area (Å²) in [6, 6.07) is 11.4. The molecule has 0 bridgehead atoms. The fourth-order valence-corrected chi connectivity index (χ4v) is 4.29. The third kappa shape index (κ3) is 6.43. The van der Waals surface area contributed by atoms with Crippen molar-refractivity contribution in [2.24, 2.45) is 17.4 Å². The minimum Gasteiger partial charge on any atom is -0.404 e. The van der Waals surface area contributed by atoms with Gasteiger partial charge in [-0.25, -0.2) is 18.4 Å². The Morgan fingerprint density at radius 1 is 1.00 bits per heavy atom. The summed E-state index contributed by atoms with van der Waals surface area (Å²) in [5.41, 5.74) is 16.3. The highest BCUT2D eigenvalue weighted by Crippen LogP contribution is 2.30. The van der Waals surface area contributed by atoms with Gasteiger partial charge in [-0.05, 0) is 78.9 Å². The zero-order valence-corrected chi connectivity index (χ0v) is 21.7. The Balaban J connectivity index is 1.55. The summed E-state index contributed by atoms with van der Waals surface area (Å²) in [7, 11) is -3.56. The van der Waals surface area contributed by atoms with Crippen molar-refractivity contribution in [1.82, 2.24) is 9.97 Å². The molecule has 2 amide bonds. The van der Waals surface area contributed by atoms with Crippen LogP contribution in [0.1, 0.15) is 39.9 Å². The topological polar surface area (TPSA) is 170 Å². The summed E-state index contributed by atoms with van der Waals surface area (Å²) in [5, 5.41) is 5.40. The first-order chi connectivity index (χ1) is 18.0. The lowest BCUT2D eigenvalue weighted by molar-refractivity contribution is -0.117. The molecule has 0 radical (unpaired) electrons. The van der Waals surface area contributed by atoms with E-state index in [-0.39, 0.29) is 22.4 Å². The molecule has 1 aliphatic rings. The van der Waals surface area contributed by atoms with Crippen molar-refractivity contribution in [2.75, 3.05) is 16.9 Å². The van der Waals surface area contributed by atoms with Crippen molar-refractivity contribution >= 4 is 44.4 Å². The number of carbonyl (C=O) groups excluding carboxylic acids is 2. The number of rotatable bonds is 8. The number of benzene rings is 1. The first-order valence-corrected chi connectivity index (χ1v) is 13.7. The van der Waals surface area contributed by atoms with Crippen LogP contribution in [0.3, 0.4) is 0 Å². The van der Waals surface area contributed by atoms with Crippen LogP contribution in [0, 0.1) is 12.8 Å². The van der Waals surface area contributed by atoms with Crippen LogP contribution in [0.5, 0.6) is 0 Å². The third-order valence-electron chi connectivity index (χ3n) is 5.97. The van der Waals surface area contributed by atoms with Gasteiger partial charge < -0.3 is 22.1 Å². The highest BCUT2D eigenvalue weighted by molar-refractivity contribution is 7.90. The molecular weight excluding hydrogens is 504 g/mol. The maximum Gasteiger partial charge on any atom is 0.255 e. The molecule has 1 fully saturated rings. The van der Waals surface area contributed by atoms with Crippen LogP contribution in [0.15, 0.2) is 72.2 Å². The fourth-order valence-electron chi connectivity index (χ4n) is 3.69. The van der Waals surface area contributed by atoms with Gasteiger partial charge in [0, 0.05) is 53.3 Å². The van der Waals surface area contributed by atoms with Gasteiger partial charge in [-0.2, -0.15) is 0 Å². The first-order valence-electron chi connectivity index (χ1n) is 11.8. The van der Waals surface area contributed by atoms with E-state index in [0.717, 1.165) is 30.2 Å². The third-order valence-corrected chi connectivity index (χ3v) is 6.95. The van der Waals surface area contributed by atoms with Gasteiger partial charge in [0.15, 0.2) is 14.9 Å². The van der Waals surface area contributed by atoms with E-state index >= 15 is 0 Å². The van der Waals surface area contributed by atoms with E-state index in [1.807, 2.05) is 13.0 Å². The molecule has 0 aliphatic heterocycles. The lowest BCUT2D eigenvalue weighted by Gasteiger charge is -2.12. The number of nitrogens with two attached hydrogens (primary N) is 2. The first kappa shape index (κ1) is 26.6. The van der Waals surface area contributed by atoms with Crippen LogP contribution in [0.4, 0.5) is 11.5 Å². The lowest BCUT2D eigenvalue weighted by Crippen LogP contribution is -2.14. The quantitative estimate of drug-likeness (QED) is 0.321. The van der Waals surface area contributed by atoms with E-state index in [0.29, 0.717) is 28.3 Å². The fraction of sp³-hybridized carbons (Fsp3) is 0.185. The molecule has 10 nitrogen and oxygen atoms in total. The van der Waals surface area contributed by atoms with E-state index in [9.17, 15) is 18.0 Å². The largest absolute Gasteiger partial charge is 0.404 e. The summed E-state index contributed by atoms with van der Waals surface area (Å²) in [6.45, 7) is 1.88. The average Bonchev–Trinajstić information content (AvgIpc) is 3.74. The molecule has 2 aromatic heterocycles. The van der Waals surface area contributed by atoms with Crippen molar-refractivity contribution in [1.29, 1.82) is 0 Å². The Labute approximate surface area is 220 Å². The van der Waals surface area contributed by atoms with Crippen LogP contribution < -0.4 is 22.1 Å². The number of allylic oxidation sites excluding steroid dienone is 2. The van der Waals surface area contributed by atoms with Crippen molar-refractivity contribution < 1.29 is 18.0 Å². The number of aromatic nitrogens is 2. The Morgan fingerprint density at radius 3 is 2.39 bits per heavy atom. The molecule has 0 atom stereocenters. The SMILES string of the molecule is Cc1ccc(NC(=O)c2ccnc(S(C)(=O)=O)c2)cc1/C(N)=C/C(=C\N)c1ccnc(NC(=O)C2CC2)c1. The number of pyridine rings is 2. The van der Waals surface area contributed by atoms with Crippen molar-refractivity contribution in [3.63, 3.8) is 0 Å².